The lowest BCUT2D eigenvalue weighted by Gasteiger charge is -2.23. The maximum atomic E-state index is 13.6. The summed E-state index contributed by atoms with van der Waals surface area (Å²) in [5, 5.41) is 16.1. The Balaban J connectivity index is 1.61. The summed E-state index contributed by atoms with van der Waals surface area (Å²) < 4.78 is 59.5. The summed E-state index contributed by atoms with van der Waals surface area (Å²) in [6.45, 7) is 2.06. The quantitative estimate of drug-likeness (QED) is 0.215. The molecule has 1 saturated carbocycles. The fraction of sp³-hybridized carbons (Fsp3) is 0.323. The van der Waals surface area contributed by atoms with Crippen molar-refractivity contribution >= 4 is 17.0 Å². The molecule has 0 saturated heterocycles. The molecule has 0 radical (unpaired) electrons. The Hall–Kier alpha value is -4.23. The molecule has 5 rings (SSSR count). The van der Waals surface area contributed by atoms with Gasteiger partial charge in [-0.3, -0.25) is 4.79 Å². The van der Waals surface area contributed by atoms with Gasteiger partial charge in [-0.25, -0.2) is 9.37 Å². The third-order valence-corrected chi connectivity index (χ3v) is 7.40. The van der Waals surface area contributed by atoms with Gasteiger partial charge in [-0.15, -0.1) is 0 Å². The van der Waals surface area contributed by atoms with Crippen LogP contribution in [0.15, 0.2) is 59.0 Å². The Morgan fingerprint density at radius 2 is 1.85 bits per heavy atom. The number of alkyl halides is 3. The van der Waals surface area contributed by atoms with Gasteiger partial charge < -0.3 is 15.1 Å². The second kappa shape index (κ2) is 11.0. The second-order valence-electron chi connectivity index (χ2n) is 10.5. The molecule has 212 valence electrons. The highest BCUT2D eigenvalue weighted by Gasteiger charge is 2.43. The van der Waals surface area contributed by atoms with E-state index in [1.165, 1.54) is 12.1 Å². The number of aryl methyl sites for hydroxylation is 1. The summed E-state index contributed by atoms with van der Waals surface area (Å²) in [7, 11) is 1.75. The molecule has 0 spiro atoms. The third kappa shape index (κ3) is 6.10. The number of aromatic nitrogens is 1. The molecule has 1 atom stereocenters. The number of pyridine rings is 1. The number of hydrogen-bond acceptors (Lipinski definition) is 5. The molecular weight excluding hydrogens is 536 g/mol. The summed E-state index contributed by atoms with van der Waals surface area (Å²) in [4.78, 5) is 17.7. The zero-order valence-corrected chi connectivity index (χ0v) is 22.5. The van der Waals surface area contributed by atoms with Crippen molar-refractivity contribution < 1.29 is 26.8 Å². The SMILES string of the molecule is CNCc1c(-c2ccc(F)cc2)oc2nc(CCC(F)(F)F)c(-c3cccc(C(=O)NC(C)(C#N)C4CC4)c3)cc12. The van der Waals surface area contributed by atoms with Crippen molar-refractivity contribution in [3.8, 4) is 28.5 Å². The van der Waals surface area contributed by atoms with Gasteiger partial charge in [-0.1, -0.05) is 12.1 Å². The van der Waals surface area contributed by atoms with Crippen LogP contribution in [-0.4, -0.2) is 29.7 Å². The highest BCUT2D eigenvalue weighted by molar-refractivity contribution is 5.97. The number of carbonyl (C=O) groups excluding carboxylic acids is 1. The van der Waals surface area contributed by atoms with Crippen molar-refractivity contribution in [2.75, 3.05) is 7.05 Å². The standard InChI is InChI=1S/C31H28F4N4O2/c1-30(17-36,21-8-9-21)39-28(40)20-5-3-4-19(14-20)23-15-24-25(16-37-2)27(18-6-10-22(32)11-7-18)41-29(24)38-26(23)12-13-31(33,34)35/h3-7,10-11,14-15,21,37H,8-9,12-13,16H2,1-2H3,(H,39,40). The molecule has 1 unspecified atom stereocenters. The van der Waals surface area contributed by atoms with Crippen LogP contribution >= 0.6 is 0 Å². The predicted octanol–water partition coefficient (Wildman–Crippen LogP) is 6.94. The van der Waals surface area contributed by atoms with E-state index in [2.05, 4.69) is 21.7 Å². The van der Waals surface area contributed by atoms with Gasteiger partial charge in [-0.05, 0) is 87.2 Å². The summed E-state index contributed by atoms with van der Waals surface area (Å²) in [6.07, 6.45) is -4.17. The number of nitriles is 1. The lowest BCUT2D eigenvalue weighted by atomic mass is 9.95. The second-order valence-corrected chi connectivity index (χ2v) is 10.5. The van der Waals surface area contributed by atoms with Crippen molar-refractivity contribution in [1.82, 2.24) is 15.6 Å². The number of furan rings is 1. The summed E-state index contributed by atoms with van der Waals surface area (Å²) in [5.41, 5.74) is 1.87. The molecule has 41 heavy (non-hydrogen) atoms. The lowest BCUT2D eigenvalue weighted by molar-refractivity contribution is -0.134. The number of fused-ring (bicyclic) bond motifs is 1. The van der Waals surface area contributed by atoms with Crippen molar-refractivity contribution in [3.05, 3.63) is 77.2 Å². The van der Waals surface area contributed by atoms with Gasteiger partial charge in [0.25, 0.3) is 5.91 Å². The van der Waals surface area contributed by atoms with Crippen LogP contribution in [0.2, 0.25) is 0 Å². The van der Waals surface area contributed by atoms with Crippen LogP contribution in [0.5, 0.6) is 0 Å². The van der Waals surface area contributed by atoms with E-state index in [1.807, 2.05) is 0 Å². The van der Waals surface area contributed by atoms with Crippen LogP contribution in [0.4, 0.5) is 17.6 Å². The van der Waals surface area contributed by atoms with E-state index in [1.54, 1.807) is 56.4 Å². The summed E-state index contributed by atoms with van der Waals surface area (Å²) in [6, 6.07) is 16.2. The molecule has 2 N–H and O–H groups in total. The first-order chi connectivity index (χ1) is 19.5. The van der Waals surface area contributed by atoms with Crippen molar-refractivity contribution in [2.24, 2.45) is 5.92 Å². The number of halogens is 4. The molecule has 1 aliphatic carbocycles. The number of rotatable bonds is 9. The maximum absolute atomic E-state index is 13.6. The van der Waals surface area contributed by atoms with Crippen LogP contribution in [0.1, 0.15) is 47.8 Å². The molecule has 2 aromatic carbocycles. The molecule has 1 aliphatic rings. The Bertz CT molecular complexity index is 1640. The van der Waals surface area contributed by atoms with Crippen LogP contribution < -0.4 is 10.6 Å². The highest BCUT2D eigenvalue weighted by atomic mass is 19.4. The van der Waals surface area contributed by atoms with E-state index in [-0.39, 0.29) is 22.9 Å². The topological polar surface area (TPSA) is 90.9 Å². The smallest absolute Gasteiger partial charge is 0.389 e. The fourth-order valence-electron chi connectivity index (χ4n) is 5.01. The zero-order chi connectivity index (χ0) is 29.4. The monoisotopic (exact) mass is 564 g/mol. The van der Waals surface area contributed by atoms with Gasteiger partial charge in [0.15, 0.2) is 0 Å². The van der Waals surface area contributed by atoms with E-state index < -0.39 is 36.3 Å². The first kappa shape index (κ1) is 28.3. The number of carbonyl (C=O) groups is 1. The Morgan fingerprint density at radius 3 is 2.49 bits per heavy atom. The van der Waals surface area contributed by atoms with Crippen LogP contribution in [-0.2, 0) is 13.0 Å². The van der Waals surface area contributed by atoms with E-state index in [0.29, 0.717) is 39.9 Å². The number of nitrogens with zero attached hydrogens (tertiary/aromatic N) is 2. The Labute approximate surface area is 234 Å². The molecular formula is C31H28F4N4O2. The minimum Gasteiger partial charge on any atom is -0.437 e. The van der Waals surface area contributed by atoms with E-state index >= 15 is 0 Å². The van der Waals surface area contributed by atoms with Gasteiger partial charge in [0, 0.05) is 40.6 Å². The van der Waals surface area contributed by atoms with E-state index in [4.69, 9.17) is 4.42 Å². The minimum atomic E-state index is -4.40. The molecule has 0 aliphatic heterocycles. The first-order valence-corrected chi connectivity index (χ1v) is 13.3. The number of nitrogens with one attached hydrogen (secondary N) is 2. The van der Waals surface area contributed by atoms with Crippen LogP contribution in [0, 0.1) is 23.1 Å². The van der Waals surface area contributed by atoms with Crippen LogP contribution in [0.3, 0.4) is 0 Å². The van der Waals surface area contributed by atoms with Crippen molar-refractivity contribution in [3.63, 3.8) is 0 Å². The molecule has 2 aromatic heterocycles. The minimum absolute atomic E-state index is 0.0854. The van der Waals surface area contributed by atoms with Gasteiger partial charge in [0.2, 0.25) is 5.71 Å². The van der Waals surface area contributed by atoms with Crippen LogP contribution in [0.25, 0.3) is 33.6 Å². The van der Waals surface area contributed by atoms with Gasteiger partial charge in [0.05, 0.1) is 11.8 Å². The number of amides is 1. The summed E-state index contributed by atoms with van der Waals surface area (Å²) in [5.74, 6) is -0.329. The summed E-state index contributed by atoms with van der Waals surface area (Å²) >= 11 is 0. The van der Waals surface area contributed by atoms with E-state index in [0.717, 1.165) is 12.8 Å². The van der Waals surface area contributed by atoms with Crippen molar-refractivity contribution in [1.29, 1.82) is 5.26 Å². The zero-order valence-electron chi connectivity index (χ0n) is 22.5. The molecule has 6 nitrogen and oxygen atoms in total. The Kier molecular flexibility index (Phi) is 7.58. The predicted molar refractivity (Wildman–Crippen MR) is 146 cm³/mol. The molecule has 1 fully saturated rings. The number of hydrogen-bond donors (Lipinski definition) is 2. The molecule has 4 aromatic rings. The average Bonchev–Trinajstić information content (AvgIpc) is 3.75. The van der Waals surface area contributed by atoms with Gasteiger partial charge in [0.1, 0.15) is 17.1 Å². The Morgan fingerprint density at radius 1 is 1.12 bits per heavy atom. The normalized spacial score (nSPS) is 15.0. The first-order valence-electron chi connectivity index (χ1n) is 13.3. The third-order valence-electron chi connectivity index (χ3n) is 7.40. The number of benzene rings is 2. The largest absolute Gasteiger partial charge is 0.437 e. The lowest BCUT2D eigenvalue weighted by Crippen LogP contribution is -2.46. The van der Waals surface area contributed by atoms with Gasteiger partial charge in [-0.2, -0.15) is 18.4 Å². The fourth-order valence-corrected chi connectivity index (χ4v) is 5.01. The van der Waals surface area contributed by atoms with Crippen molar-refractivity contribution in [2.45, 2.75) is 50.9 Å². The van der Waals surface area contributed by atoms with Gasteiger partial charge >= 0.3 is 6.18 Å². The molecule has 10 heteroatoms. The molecule has 1 amide bonds. The maximum Gasteiger partial charge on any atom is 0.389 e. The molecule has 2 heterocycles. The highest BCUT2D eigenvalue weighted by Crippen LogP contribution is 2.40. The average molecular weight is 565 g/mol. The molecule has 0 bridgehead atoms. The van der Waals surface area contributed by atoms with E-state index in [9.17, 15) is 27.6 Å².